The molecule has 1 heterocycles. The Balaban J connectivity index is 2.02. The SMILES string of the molecule is NCCNS(=O)(=O)c1cccc(NC(=O)CN2CCCC2=O)c1. The summed E-state index contributed by atoms with van der Waals surface area (Å²) in [6.45, 7) is 0.875. The van der Waals surface area contributed by atoms with Crippen LogP contribution < -0.4 is 15.8 Å². The molecule has 1 aromatic carbocycles. The van der Waals surface area contributed by atoms with E-state index in [0.29, 0.717) is 18.7 Å². The fraction of sp³-hybridized carbons (Fsp3) is 0.429. The van der Waals surface area contributed by atoms with Crippen LogP contribution in [0.3, 0.4) is 0 Å². The molecule has 1 saturated heterocycles. The summed E-state index contributed by atoms with van der Waals surface area (Å²) in [6.07, 6.45) is 1.22. The molecule has 0 aliphatic carbocycles. The highest BCUT2D eigenvalue weighted by molar-refractivity contribution is 7.89. The number of hydrogen-bond acceptors (Lipinski definition) is 5. The van der Waals surface area contributed by atoms with Gasteiger partial charge in [0.1, 0.15) is 0 Å². The van der Waals surface area contributed by atoms with Gasteiger partial charge in [-0.2, -0.15) is 0 Å². The highest BCUT2D eigenvalue weighted by atomic mass is 32.2. The van der Waals surface area contributed by atoms with Gasteiger partial charge in [-0.15, -0.1) is 0 Å². The van der Waals surface area contributed by atoms with E-state index in [1.54, 1.807) is 6.07 Å². The number of anilines is 1. The third-order valence-corrected chi connectivity index (χ3v) is 4.83. The Bertz CT molecular complexity index is 690. The molecule has 0 saturated carbocycles. The van der Waals surface area contributed by atoms with Crippen molar-refractivity contribution in [1.29, 1.82) is 0 Å². The number of sulfonamides is 1. The molecule has 0 spiro atoms. The summed E-state index contributed by atoms with van der Waals surface area (Å²) in [7, 11) is -3.66. The lowest BCUT2D eigenvalue weighted by molar-refractivity contribution is -0.131. The fourth-order valence-corrected chi connectivity index (χ4v) is 3.36. The van der Waals surface area contributed by atoms with Crippen LogP contribution in [-0.4, -0.2) is 51.3 Å². The molecular formula is C14H20N4O4S. The second-order valence-electron chi connectivity index (χ2n) is 5.18. The van der Waals surface area contributed by atoms with Crippen molar-refractivity contribution in [2.45, 2.75) is 17.7 Å². The van der Waals surface area contributed by atoms with Crippen LogP contribution in [0, 0.1) is 0 Å². The number of carbonyl (C=O) groups is 2. The molecule has 0 unspecified atom stereocenters. The van der Waals surface area contributed by atoms with Crippen LogP contribution >= 0.6 is 0 Å². The lowest BCUT2D eigenvalue weighted by atomic mass is 10.3. The van der Waals surface area contributed by atoms with Crippen LogP contribution in [0.15, 0.2) is 29.2 Å². The predicted octanol–water partition coefficient (Wildman–Crippen LogP) is -0.516. The first kappa shape index (κ1) is 17.4. The number of rotatable bonds is 7. The second kappa shape index (κ2) is 7.53. The smallest absolute Gasteiger partial charge is 0.243 e. The highest BCUT2D eigenvalue weighted by Gasteiger charge is 2.22. The van der Waals surface area contributed by atoms with Crippen molar-refractivity contribution in [3.8, 4) is 0 Å². The quantitative estimate of drug-likeness (QED) is 0.617. The van der Waals surface area contributed by atoms with Gasteiger partial charge in [-0.3, -0.25) is 9.59 Å². The zero-order valence-corrected chi connectivity index (χ0v) is 13.4. The second-order valence-corrected chi connectivity index (χ2v) is 6.95. The van der Waals surface area contributed by atoms with Crippen LogP contribution in [0.25, 0.3) is 0 Å². The molecule has 1 aliphatic heterocycles. The van der Waals surface area contributed by atoms with Gasteiger partial charge in [-0.25, -0.2) is 13.1 Å². The molecule has 0 aromatic heterocycles. The molecule has 2 amide bonds. The Morgan fingerprint density at radius 1 is 1.35 bits per heavy atom. The number of nitrogens with zero attached hydrogens (tertiary/aromatic N) is 1. The first-order chi connectivity index (χ1) is 10.9. The average Bonchev–Trinajstić information content (AvgIpc) is 2.90. The third-order valence-electron chi connectivity index (χ3n) is 3.37. The van der Waals surface area contributed by atoms with Gasteiger partial charge in [0, 0.05) is 31.7 Å². The predicted molar refractivity (Wildman–Crippen MR) is 85.1 cm³/mol. The maximum absolute atomic E-state index is 12.0. The van der Waals surface area contributed by atoms with Crippen LogP contribution in [0.4, 0.5) is 5.69 Å². The molecule has 2 rings (SSSR count). The highest BCUT2D eigenvalue weighted by Crippen LogP contribution is 2.16. The topological polar surface area (TPSA) is 122 Å². The van der Waals surface area contributed by atoms with E-state index in [-0.39, 0.29) is 36.3 Å². The molecule has 9 heteroatoms. The Morgan fingerprint density at radius 2 is 2.13 bits per heavy atom. The number of nitrogens with two attached hydrogens (primary N) is 1. The van der Waals surface area contributed by atoms with Crippen molar-refractivity contribution >= 4 is 27.5 Å². The lowest BCUT2D eigenvalue weighted by Gasteiger charge is -2.15. The maximum atomic E-state index is 12.0. The number of hydrogen-bond donors (Lipinski definition) is 3. The van der Waals surface area contributed by atoms with E-state index >= 15 is 0 Å². The van der Waals surface area contributed by atoms with Gasteiger partial charge in [0.05, 0.1) is 11.4 Å². The molecule has 0 bridgehead atoms. The van der Waals surface area contributed by atoms with Crippen LogP contribution in [0.1, 0.15) is 12.8 Å². The van der Waals surface area contributed by atoms with Crippen LogP contribution in [0.2, 0.25) is 0 Å². The van der Waals surface area contributed by atoms with Crippen molar-refractivity contribution in [3.63, 3.8) is 0 Å². The zero-order chi connectivity index (χ0) is 16.9. The van der Waals surface area contributed by atoms with Gasteiger partial charge in [-0.05, 0) is 24.6 Å². The molecular weight excluding hydrogens is 320 g/mol. The van der Waals surface area contributed by atoms with Crippen molar-refractivity contribution < 1.29 is 18.0 Å². The van der Waals surface area contributed by atoms with Crippen molar-refractivity contribution in [3.05, 3.63) is 24.3 Å². The summed E-state index contributed by atoms with van der Waals surface area (Å²) in [6, 6.07) is 5.92. The summed E-state index contributed by atoms with van der Waals surface area (Å²) >= 11 is 0. The lowest BCUT2D eigenvalue weighted by Crippen LogP contribution is -2.34. The summed E-state index contributed by atoms with van der Waals surface area (Å²) in [5.74, 6) is -0.396. The van der Waals surface area contributed by atoms with Crippen LogP contribution in [-0.2, 0) is 19.6 Å². The number of nitrogens with one attached hydrogen (secondary N) is 2. The minimum atomic E-state index is -3.66. The number of benzene rings is 1. The summed E-state index contributed by atoms with van der Waals surface area (Å²) in [4.78, 5) is 25.0. The summed E-state index contributed by atoms with van der Waals surface area (Å²) in [5.41, 5.74) is 5.64. The molecule has 1 fully saturated rings. The van der Waals surface area contributed by atoms with E-state index in [1.807, 2.05) is 0 Å². The zero-order valence-electron chi connectivity index (χ0n) is 12.6. The first-order valence-corrected chi connectivity index (χ1v) is 8.78. The minimum Gasteiger partial charge on any atom is -0.333 e. The van der Waals surface area contributed by atoms with Crippen molar-refractivity contribution in [2.24, 2.45) is 5.73 Å². The standard InChI is InChI=1S/C14H20N4O4S/c15-6-7-16-23(21,22)12-4-1-3-11(9-12)17-13(19)10-18-8-2-5-14(18)20/h1,3-4,9,16H,2,5-8,10,15H2,(H,17,19). The van der Waals surface area contributed by atoms with E-state index in [9.17, 15) is 18.0 Å². The maximum Gasteiger partial charge on any atom is 0.243 e. The molecule has 0 radical (unpaired) electrons. The van der Waals surface area contributed by atoms with Crippen molar-refractivity contribution in [2.75, 3.05) is 31.5 Å². The average molecular weight is 340 g/mol. The Kier molecular flexibility index (Phi) is 5.69. The number of carbonyl (C=O) groups excluding carboxylic acids is 2. The van der Waals surface area contributed by atoms with Gasteiger partial charge < -0.3 is 16.0 Å². The Labute approximate surface area is 135 Å². The molecule has 0 atom stereocenters. The molecule has 4 N–H and O–H groups in total. The summed E-state index contributed by atoms with van der Waals surface area (Å²) in [5, 5.41) is 2.61. The van der Waals surface area contributed by atoms with Crippen molar-refractivity contribution in [1.82, 2.24) is 9.62 Å². The van der Waals surface area contributed by atoms with Gasteiger partial charge in [-0.1, -0.05) is 6.07 Å². The van der Waals surface area contributed by atoms with Gasteiger partial charge in [0.2, 0.25) is 21.8 Å². The molecule has 1 aliphatic rings. The largest absolute Gasteiger partial charge is 0.333 e. The number of likely N-dealkylation sites (tertiary alicyclic amines) is 1. The Morgan fingerprint density at radius 3 is 2.78 bits per heavy atom. The van der Waals surface area contributed by atoms with E-state index < -0.39 is 10.0 Å². The van der Waals surface area contributed by atoms with E-state index in [0.717, 1.165) is 6.42 Å². The molecule has 126 valence electrons. The minimum absolute atomic E-state index is 0.0266. The molecule has 1 aromatic rings. The van der Waals surface area contributed by atoms with E-state index in [2.05, 4.69) is 10.0 Å². The fourth-order valence-electron chi connectivity index (χ4n) is 2.26. The van der Waals surface area contributed by atoms with Gasteiger partial charge >= 0.3 is 0 Å². The van der Waals surface area contributed by atoms with E-state index in [1.165, 1.54) is 23.1 Å². The van der Waals surface area contributed by atoms with Gasteiger partial charge in [0.15, 0.2) is 0 Å². The Hall–Kier alpha value is -1.97. The van der Waals surface area contributed by atoms with Gasteiger partial charge in [0.25, 0.3) is 0 Å². The molecule has 23 heavy (non-hydrogen) atoms. The van der Waals surface area contributed by atoms with E-state index in [4.69, 9.17) is 5.73 Å². The normalized spacial score (nSPS) is 15.0. The monoisotopic (exact) mass is 340 g/mol. The molecule has 8 nitrogen and oxygen atoms in total. The third kappa shape index (κ3) is 4.75. The number of amides is 2. The first-order valence-electron chi connectivity index (χ1n) is 7.30. The summed E-state index contributed by atoms with van der Waals surface area (Å²) < 4.78 is 26.4. The van der Waals surface area contributed by atoms with Crippen LogP contribution in [0.5, 0.6) is 0 Å².